The first-order valence-electron chi connectivity index (χ1n) is 6.44. The molecule has 0 unspecified atom stereocenters. The average molecular weight is 420 g/mol. The Balaban J connectivity index is 2.38. The molecule has 1 heterocycles. The lowest BCUT2D eigenvalue weighted by atomic mass is 10.3. The lowest BCUT2D eigenvalue weighted by Gasteiger charge is -2.10. The number of hydrogen-bond donors (Lipinski definition) is 2. The van der Waals surface area contributed by atoms with Gasteiger partial charge in [-0.1, -0.05) is 12.1 Å². The zero-order chi connectivity index (χ0) is 15.6. The minimum Gasteiger partial charge on any atom is -0.390 e. The Kier molecular flexibility index (Phi) is 4.95. The molecule has 2 rings (SSSR count). The summed E-state index contributed by atoms with van der Waals surface area (Å²) in [4.78, 5) is 0.153. The van der Waals surface area contributed by atoms with Crippen molar-refractivity contribution in [3.63, 3.8) is 0 Å². The molecule has 1 aromatic heterocycles. The molecular formula is C14H17IN2O3S. The second-order valence-electron chi connectivity index (χ2n) is 4.91. The number of sulfonamides is 1. The van der Waals surface area contributed by atoms with Crippen LogP contribution in [0, 0.1) is 3.57 Å². The van der Waals surface area contributed by atoms with Crippen molar-refractivity contribution in [1.82, 2.24) is 4.57 Å². The maximum atomic E-state index is 12.4. The van der Waals surface area contributed by atoms with E-state index in [1.54, 1.807) is 22.9 Å². The van der Waals surface area contributed by atoms with E-state index >= 15 is 0 Å². The van der Waals surface area contributed by atoms with Gasteiger partial charge in [-0.3, -0.25) is 4.72 Å². The number of aromatic nitrogens is 1. The van der Waals surface area contributed by atoms with E-state index in [-0.39, 0.29) is 17.5 Å². The van der Waals surface area contributed by atoms with Crippen LogP contribution in [0.4, 0.5) is 5.69 Å². The Morgan fingerprint density at radius 2 is 2.00 bits per heavy atom. The molecule has 2 N–H and O–H groups in total. The van der Waals surface area contributed by atoms with Crippen LogP contribution in [0.2, 0.25) is 0 Å². The molecule has 0 aliphatic heterocycles. The van der Waals surface area contributed by atoms with Gasteiger partial charge in [-0.15, -0.1) is 0 Å². The highest BCUT2D eigenvalue weighted by atomic mass is 127. The summed E-state index contributed by atoms with van der Waals surface area (Å²) in [7, 11) is -3.67. The molecule has 0 saturated heterocycles. The van der Waals surface area contributed by atoms with Crippen molar-refractivity contribution in [3.8, 4) is 0 Å². The maximum absolute atomic E-state index is 12.4. The molecule has 7 heteroatoms. The van der Waals surface area contributed by atoms with Crippen LogP contribution in [0.5, 0.6) is 0 Å². The van der Waals surface area contributed by atoms with Crippen LogP contribution < -0.4 is 4.72 Å². The minimum absolute atomic E-state index is 0.0768. The Bertz CT molecular complexity index is 738. The standard InChI is InChI=1S/C14H17IN2O3S/c1-10(2)17-8-12(7-11(17)9-18)21(19,20)16-14-6-4-3-5-13(14)15/h3-8,10,16,18H,9H2,1-2H3. The molecule has 0 fully saturated rings. The molecular weight excluding hydrogens is 403 g/mol. The summed E-state index contributed by atoms with van der Waals surface area (Å²) in [5, 5.41) is 9.34. The molecule has 0 atom stereocenters. The minimum atomic E-state index is -3.67. The fourth-order valence-corrected chi connectivity index (χ4v) is 3.83. The summed E-state index contributed by atoms with van der Waals surface area (Å²) in [6.45, 7) is 3.67. The summed E-state index contributed by atoms with van der Waals surface area (Å²) in [6.07, 6.45) is 1.55. The SMILES string of the molecule is CC(C)n1cc(S(=O)(=O)Nc2ccccc2I)cc1CO. The van der Waals surface area contributed by atoms with E-state index < -0.39 is 10.0 Å². The van der Waals surface area contributed by atoms with E-state index in [4.69, 9.17) is 0 Å². The first kappa shape index (κ1) is 16.3. The Morgan fingerprint density at radius 1 is 1.33 bits per heavy atom. The van der Waals surface area contributed by atoms with Gasteiger partial charge < -0.3 is 9.67 Å². The fraction of sp³-hybridized carbons (Fsp3) is 0.286. The van der Waals surface area contributed by atoms with Gasteiger partial charge in [0.2, 0.25) is 0 Å². The normalized spacial score (nSPS) is 11.9. The number of anilines is 1. The lowest BCUT2D eigenvalue weighted by Crippen LogP contribution is -2.13. The third kappa shape index (κ3) is 3.58. The van der Waals surface area contributed by atoms with Crippen molar-refractivity contribution >= 4 is 38.3 Å². The van der Waals surface area contributed by atoms with Gasteiger partial charge in [0.15, 0.2) is 0 Å². The smallest absolute Gasteiger partial charge is 0.263 e. The first-order valence-corrected chi connectivity index (χ1v) is 9.00. The van der Waals surface area contributed by atoms with E-state index in [1.807, 2.05) is 26.0 Å². The van der Waals surface area contributed by atoms with Gasteiger partial charge in [0, 0.05) is 21.5 Å². The third-order valence-corrected chi connectivity index (χ3v) is 5.33. The highest BCUT2D eigenvalue weighted by Crippen LogP contribution is 2.24. The van der Waals surface area contributed by atoms with Gasteiger partial charge in [0.1, 0.15) is 4.90 Å². The number of hydrogen-bond acceptors (Lipinski definition) is 3. The van der Waals surface area contributed by atoms with Crippen LogP contribution in [-0.4, -0.2) is 18.1 Å². The molecule has 2 aromatic rings. The highest BCUT2D eigenvalue weighted by Gasteiger charge is 2.20. The summed E-state index contributed by atoms with van der Waals surface area (Å²) in [6, 6.07) is 8.74. The molecule has 1 aromatic carbocycles. The van der Waals surface area contributed by atoms with Crippen LogP contribution in [0.15, 0.2) is 41.4 Å². The molecule has 5 nitrogen and oxygen atoms in total. The molecule has 0 spiro atoms. The Morgan fingerprint density at radius 3 is 2.52 bits per heavy atom. The van der Waals surface area contributed by atoms with E-state index in [0.717, 1.165) is 3.57 Å². The first-order chi connectivity index (χ1) is 9.85. The van der Waals surface area contributed by atoms with Gasteiger partial charge in [0.05, 0.1) is 12.3 Å². The maximum Gasteiger partial charge on any atom is 0.263 e. The van der Waals surface area contributed by atoms with Crippen molar-refractivity contribution in [2.24, 2.45) is 0 Å². The van der Waals surface area contributed by atoms with Gasteiger partial charge >= 0.3 is 0 Å². The fourth-order valence-electron chi connectivity index (χ4n) is 2.00. The second kappa shape index (κ2) is 6.37. The quantitative estimate of drug-likeness (QED) is 0.731. The lowest BCUT2D eigenvalue weighted by molar-refractivity contribution is 0.268. The Hall–Kier alpha value is -1.06. The Labute approximate surface area is 138 Å². The van der Waals surface area contributed by atoms with E-state index in [9.17, 15) is 13.5 Å². The zero-order valence-electron chi connectivity index (χ0n) is 11.7. The van der Waals surface area contributed by atoms with Crippen LogP contribution in [0.1, 0.15) is 25.6 Å². The number of nitrogens with zero attached hydrogens (tertiary/aromatic N) is 1. The number of rotatable bonds is 5. The molecule has 0 bridgehead atoms. The number of halogens is 1. The molecule has 0 amide bonds. The van der Waals surface area contributed by atoms with Gasteiger partial charge in [-0.05, 0) is 54.6 Å². The summed E-state index contributed by atoms with van der Waals surface area (Å²) >= 11 is 2.08. The topological polar surface area (TPSA) is 71.3 Å². The molecule has 0 radical (unpaired) electrons. The van der Waals surface area contributed by atoms with Gasteiger partial charge in [0.25, 0.3) is 10.0 Å². The highest BCUT2D eigenvalue weighted by molar-refractivity contribution is 14.1. The van der Waals surface area contributed by atoms with Crippen LogP contribution in [0.25, 0.3) is 0 Å². The number of aliphatic hydroxyl groups excluding tert-OH is 1. The van der Waals surface area contributed by atoms with Crippen LogP contribution in [0.3, 0.4) is 0 Å². The van der Waals surface area contributed by atoms with E-state index in [0.29, 0.717) is 11.4 Å². The summed E-state index contributed by atoms with van der Waals surface area (Å²) in [5.41, 5.74) is 1.12. The predicted molar refractivity (Wildman–Crippen MR) is 90.7 cm³/mol. The van der Waals surface area contributed by atoms with Crippen LogP contribution >= 0.6 is 22.6 Å². The second-order valence-corrected chi connectivity index (χ2v) is 7.76. The van der Waals surface area contributed by atoms with E-state index in [1.165, 1.54) is 6.07 Å². The van der Waals surface area contributed by atoms with Crippen molar-refractivity contribution in [1.29, 1.82) is 0 Å². The summed E-state index contributed by atoms with van der Waals surface area (Å²) in [5.74, 6) is 0. The molecule has 0 saturated carbocycles. The number of para-hydroxylation sites is 1. The van der Waals surface area contributed by atoms with Crippen molar-refractivity contribution in [2.45, 2.75) is 31.4 Å². The predicted octanol–water partition coefficient (Wildman–Crippen LogP) is 2.97. The number of benzene rings is 1. The van der Waals surface area contributed by atoms with Crippen molar-refractivity contribution < 1.29 is 13.5 Å². The molecule has 114 valence electrons. The van der Waals surface area contributed by atoms with E-state index in [2.05, 4.69) is 27.3 Å². The van der Waals surface area contributed by atoms with Crippen molar-refractivity contribution in [3.05, 3.63) is 45.8 Å². The van der Waals surface area contributed by atoms with Crippen LogP contribution in [-0.2, 0) is 16.6 Å². The molecule has 0 aliphatic rings. The number of aliphatic hydroxyl groups is 1. The van der Waals surface area contributed by atoms with Gasteiger partial charge in [-0.25, -0.2) is 8.42 Å². The van der Waals surface area contributed by atoms with Crippen molar-refractivity contribution in [2.75, 3.05) is 4.72 Å². The zero-order valence-corrected chi connectivity index (χ0v) is 14.7. The molecule has 21 heavy (non-hydrogen) atoms. The molecule has 0 aliphatic carbocycles. The summed E-state index contributed by atoms with van der Waals surface area (Å²) < 4.78 is 30.1. The number of nitrogens with one attached hydrogen (secondary N) is 1. The largest absolute Gasteiger partial charge is 0.390 e. The third-order valence-electron chi connectivity index (χ3n) is 3.05. The van der Waals surface area contributed by atoms with Gasteiger partial charge in [-0.2, -0.15) is 0 Å². The average Bonchev–Trinajstić information content (AvgIpc) is 2.86. The monoisotopic (exact) mass is 420 g/mol.